The van der Waals surface area contributed by atoms with Gasteiger partial charge in [0.05, 0.1) is 13.2 Å². The zero-order valence-electron chi connectivity index (χ0n) is 12.7. The first kappa shape index (κ1) is 13.7. The number of fused-ring (bicyclic) bond motifs is 1. The number of ether oxygens (including phenoxy) is 2. The molecule has 4 rings (SSSR count). The van der Waals surface area contributed by atoms with Gasteiger partial charge in [-0.25, -0.2) is 0 Å². The first-order valence-corrected chi connectivity index (χ1v) is 7.92. The Bertz CT molecular complexity index is 684. The Hall–Kier alpha value is -1.90. The molecule has 1 aliphatic heterocycles. The van der Waals surface area contributed by atoms with Crippen molar-refractivity contribution >= 4 is 6.08 Å². The van der Waals surface area contributed by atoms with Crippen LogP contribution in [0.25, 0.3) is 6.08 Å². The van der Waals surface area contributed by atoms with Gasteiger partial charge in [-0.3, -0.25) is 0 Å². The van der Waals surface area contributed by atoms with Crippen molar-refractivity contribution in [2.24, 2.45) is 5.92 Å². The van der Waals surface area contributed by atoms with Gasteiger partial charge in [0.15, 0.2) is 0 Å². The molecule has 2 aliphatic rings. The smallest absolute Gasteiger partial charge is 0.202 e. The predicted octanol–water partition coefficient (Wildman–Crippen LogP) is 4.33. The third kappa shape index (κ3) is 2.03. The maximum atomic E-state index is 6.24. The maximum absolute atomic E-state index is 6.24. The monoisotopic (exact) mass is 292 g/mol. The van der Waals surface area contributed by atoms with E-state index in [-0.39, 0.29) is 5.92 Å². The first-order valence-electron chi connectivity index (χ1n) is 7.92. The zero-order chi connectivity index (χ0) is 15.0. The molecule has 2 nitrogen and oxygen atoms in total. The van der Waals surface area contributed by atoms with Crippen LogP contribution in [0.4, 0.5) is 0 Å². The summed E-state index contributed by atoms with van der Waals surface area (Å²) in [5, 5.41) is 0. The minimum absolute atomic E-state index is 0.165. The SMILES string of the molecule is CC1C=Cc2ccccc2C1C1(c2ccccc2)OCCO1. The summed E-state index contributed by atoms with van der Waals surface area (Å²) in [5.74, 6) is -0.159. The maximum Gasteiger partial charge on any atom is 0.202 e. The normalized spacial score (nSPS) is 25.9. The van der Waals surface area contributed by atoms with E-state index in [4.69, 9.17) is 9.47 Å². The van der Waals surface area contributed by atoms with Crippen LogP contribution in [-0.4, -0.2) is 13.2 Å². The van der Waals surface area contributed by atoms with Crippen LogP contribution in [-0.2, 0) is 15.3 Å². The van der Waals surface area contributed by atoms with Gasteiger partial charge < -0.3 is 9.47 Å². The fourth-order valence-electron chi connectivity index (χ4n) is 3.77. The Morgan fingerprint density at radius 1 is 0.909 bits per heavy atom. The summed E-state index contributed by atoms with van der Waals surface area (Å²) in [6.07, 6.45) is 4.48. The van der Waals surface area contributed by atoms with Crippen LogP contribution in [0.15, 0.2) is 60.7 Å². The van der Waals surface area contributed by atoms with Crippen LogP contribution in [0, 0.1) is 5.92 Å². The quantitative estimate of drug-likeness (QED) is 0.820. The molecule has 0 amide bonds. The summed E-state index contributed by atoms with van der Waals surface area (Å²) < 4.78 is 12.5. The number of rotatable bonds is 2. The molecule has 2 aromatic rings. The second kappa shape index (κ2) is 5.38. The van der Waals surface area contributed by atoms with Crippen molar-refractivity contribution < 1.29 is 9.47 Å². The standard InChI is InChI=1S/C20H20O2/c1-15-11-12-16-7-5-6-10-18(16)19(15)20(21-13-14-22-20)17-8-3-2-4-9-17/h2-12,15,19H,13-14H2,1H3. The van der Waals surface area contributed by atoms with Gasteiger partial charge in [-0.05, 0) is 17.0 Å². The molecule has 0 aromatic heterocycles. The average Bonchev–Trinajstić information content (AvgIpc) is 3.06. The molecule has 0 N–H and O–H groups in total. The van der Waals surface area contributed by atoms with Gasteiger partial charge in [0, 0.05) is 11.5 Å². The highest BCUT2D eigenvalue weighted by molar-refractivity contribution is 5.59. The van der Waals surface area contributed by atoms with Crippen molar-refractivity contribution in [3.63, 3.8) is 0 Å². The lowest BCUT2D eigenvalue weighted by Gasteiger charge is -2.41. The molecular formula is C20H20O2. The molecule has 0 saturated carbocycles. The van der Waals surface area contributed by atoms with E-state index in [0.717, 1.165) is 5.56 Å². The molecule has 1 aliphatic carbocycles. The number of hydrogen-bond donors (Lipinski definition) is 0. The van der Waals surface area contributed by atoms with Crippen molar-refractivity contribution in [1.29, 1.82) is 0 Å². The van der Waals surface area contributed by atoms with Crippen LogP contribution >= 0.6 is 0 Å². The fraction of sp³-hybridized carbons (Fsp3) is 0.300. The fourth-order valence-corrected chi connectivity index (χ4v) is 3.77. The van der Waals surface area contributed by atoms with Crippen LogP contribution in [0.1, 0.15) is 29.5 Å². The van der Waals surface area contributed by atoms with Crippen molar-refractivity contribution in [3.05, 3.63) is 77.4 Å². The highest BCUT2D eigenvalue weighted by Gasteiger charge is 2.49. The summed E-state index contributed by atoms with van der Waals surface area (Å²) in [5.41, 5.74) is 3.68. The molecule has 0 spiro atoms. The third-order valence-corrected chi connectivity index (χ3v) is 4.74. The van der Waals surface area contributed by atoms with Crippen molar-refractivity contribution in [1.82, 2.24) is 0 Å². The molecule has 2 aromatic carbocycles. The highest BCUT2D eigenvalue weighted by atomic mass is 16.7. The summed E-state index contributed by atoms with van der Waals surface area (Å²) in [7, 11) is 0. The number of hydrogen-bond acceptors (Lipinski definition) is 2. The van der Waals surface area contributed by atoms with Crippen LogP contribution in [0.5, 0.6) is 0 Å². The molecular weight excluding hydrogens is 272 g/mol. The Balaban J connectivity index is 1.89. The Kier molecular flexibility index (Phi) is 3.36. The van der Waals surface area contributed by atoms with E-state index < -0.39 is 5.79 Å². The predicted molar refractivity (Wildman–Crippen MR) is 87.4 cm³/mol. The van der Waals surface area contributed by atoms with E-state index in [9.17, 15) is 0 Å². The minimum atomic E-state index is -0.679. The van der Waals surface area contributed by atoms with Crippen LogP contribution < -0.4 is 0 Å². The summed E-state index contributed by atoms with van der Waals surface area (Å²) in [4.78, 5) is 0. The molecule has 2 unspecified atom stereocenters. The average molecular weight is 292 g/mol. The topological polar surface area (TPSA) is 18.5 Å². The second-order valence-corrected chi connectivity index (χ2v) is 6.06. The van der Waals surface area contributed by atoms with E-state index in [2.05, 4.69) is 67.6 Å². The van der Waals surface area contributed by atoms with Crippen molar-refractivity contribution in [3.8, 4) is 0 Å². The van der Waals surface area contributed by atoms with Gasteiger partial charge in [-0.1, -0.05) is 73.7 Å². The Morgan fingerprint density at radius 3 is 2.36 bits per heavy atom. The van der Waals surface area contributed by atoms with Gasteiger partial charge in [-0.2, -0.15) is 0 Å². The van der Waals surface area contributed by atoms with E-state index in [0.29, 0.717) is 19.1 Å². The molecule has 22 heavy (non-hydrogen) atoms. The molecule has 0 bridgehead atoms. The molecule has 1 heterocycles. The number of benzene rings is 2. The number of allylic oxidation sites excluding steroid dienone is 1. The summed E-state index contributed by atoms with van der Waals surface area (Å²) in [6.45, 7) is 3.53. The van der Waals surface area contributed by atoms with Crippen LogP contribution in [0.2, 0.25) is 0 Å². The second-order valence-electron chi connectivity index (χ2n) is 6.06. The first-order chi connectivity index (χ1) is 10.8. The highest BCUT2D eigenvalue weighted by Crippen LogP contribution is 2.50. The third-order valence-electron chi connectivity index (χ3n) is 4.74. The molecule has 1 fully saturated rings. The van der Waals surface area contributed by atoms with Crippen LogP contribution in [0.3, 0.4) is 0 Å². The molecule has 2 atom stereocenters. The van der Waals surface area contributed by atoms with Gasteiger partial charge >= 0.3 is 0 Å². The Labute approximate surface area is 131 Å². The largest absolute Gasteiger partial charge is 0.343 e. The molecule has 1 saturated heterocycles. The van der Waals surface area contributed by atoms with Gasteiger partial charge in [0.1, 0.15) is 0 Å². The summed E-state index contributed by atoms with van der Waals surface area (Å²) >= 11 is 0. The molecule has 112 valence electrons. The van der Waals surface area contributed by atoms with Crippen molar-refractivity contribution in [2.75, 3.05) is 13.2 Å². The summed E-state index contributed by atoms with van der Waals surface area (Å²) in [6, 6.07) is 18.9. The molecule has 2 heteroatoms. The van der Waals surface area contributed by atoms with E-state index in [1.807, 2.05) is 6.07 Å². The lowest BCUT2D eigenvalue weighted by molar-refractivity contribution is -0.190. The molecule has 0 radical (unpaired) electrons. The Morgan fingerprint density at radius 2 is 1.59 bits per heavy atom. The lowest BCUT2D eigenvalue weighted by atomic mass is 9.73. The van der Waals surface area contributed by atoms with Gasteiger partial charge in [0.2, 0.25) is 5.79 Å². The lowest BCUT2D eigenvalue weighted by Crippen LogP contribution is -2.39. The van der Waals surface area contributed by atoms with Gasteiger partial charge in [-0.15, -0.1) is 0 Å². The minimum Gasteiger partial charge on any atom is -0.343 e. The van der Waals surface area contributed by atoms with E-state index in [1.54, 1.807) is 0 Å². The zero-order valence-corrected chi connectivity index (χ0v) is 12.7. The van der Waals surface area contributed by atoms with E-state index in [1.165, 1.54) is 11.1 Å². The van der Waals surface area contributed by atoms with Crippen molar-refractivity contribution in [2.45, 2.75) is 18.6 Å². The van der Waals surface area contributed by atoms with E-state index >= 15 is 0 Å². The van der Waals surface area contributed by atoms with Gasteiger partial charge in [0.25, 0.3) is 0 Å².